The Kier molecular flexibility index (Phi) is 4.40. The summed E-state index contributed by atoms with van der Waals surface area (Å²) in [5, 5.41) is 0. The molecule has 18 heavy (non-hydrogen) atoms. The van der Waals surface area contributed by atoms with Crippen LogP contribution < -0.4 is 4.74 Å². The zero-order valence-corrected chi connectivity index (χ0v) is 11.1. The minimum absolute atomic E-state index is 0.689. The van der Waals surface area contributed by atoms with Crippen LogP contribution in [0.15, 0.2) is 60.4 Å². The summed E-state index contributed by atoms with van der Waals surface area (Å²) in [4.78, 5) is 0. The van der Waals surface area contributed by atoms with Crippen LogP contribution in [0, 0.1) is 5.92 Å². The largest absolute Gasteiger partial charge is 0.457 e. The molecule has 0 fully saturated rings. The van der Waals surface area contributed by atoms with Gasteiger partial charge in [-0.05, 0) is 48.6 Å². The topological polar surface area (TPSA) is 9.23 Å². The van der Waals surface area contributed by atoms with Crippen LogP contribution in [-0.2, 0) is 6.42 Å². The molecule has 1 nitrogen and oxygen atoms in total. The lowest BCUT2D eigenvalue weighted by Gasteiger charge is -2.08. The minimum Gasteiger partial charge on any atom is -0.457 e. The maximum Gasteiger partial charge on any atom is 0.127 e. The van der Waals surface area contributed by atoms with Crippen molar-refractivity contribution >= 4 is 0 Å². The molecule has 0 bridgehead atoms. The van der Waals surface area contributed by atoms with E-state index in [1.54, 1.807) is 0 Å². The summed E-state index contributed by atoms with van der Waals surface area (Å²) in [5.74, 6) is 2.48. The SMILES string of the molecule is CC(C)Cc1ccc(OC2=CC=CCC=C2)cc1. The van der Waals surface area contributed by atoms with Gasteiger partial charge in [0.1, 0.15) is 11.5 Å². The first-order chi connectivity index (χ1) is 8.74. The lowest BCUT2D eigenvalue weighted by molar-refractivity contribution is 0.444. The quantitative estimate of drug-likeness (QED) is 0.743. The molecule has 0 saturated heterocycles. The van der Waals surface area contributed by atoms with Gasteiger partial charge in [-0.1, -0.05) is 44.2 Å². The van der Waals surface area contributed by atoms with Crippen molar-refractivity contribution in [2.24, 2.45) is 5.92 Å². The Morgan fingerprint density at radius 2 is 1.89 bits per heavy atom. The molecule has 0 unspecified atom stereocenters. The van der Waals surface area contributed by atoms with Gasteiger partial charge in [0.05, 0.1) is 0 Å². The Balaban J connectivity index is 2.02. The van der Waals surface area contributed by atoms with Crippen LogP contribution in [0.4, 0.5) is 0 Å². The molecule has 0 atom stereocenters. The third-order valence-corrected chi connectivity index (χ3v) is 2.75. The highest BCUT2D eigenvalue weighted by Crippen LogP contribution is 2.18. The fraction of sp³-hybridized carbons (Fsp3) is 0.294. The number of benzene rings is 1. The lowest BCUT2D eigenvalue weighted by Crippen LogP contribution is -1.95. The van der Waals surface area contributed by atoms with Crippen molar-refractivity contribution in [1.29, 1.82) is 0 Å². The van der Waals surface area contributed by atoms with E-state index in [0.29, 0.717) is 5.92 Å². The Bertz CT molecular complexity index is 461. The van der Waals surface area contributed by atoms with Gasteiger partial charge in [-0.15, -0.1) is 0 Å². The van der Waals surface area contributed by atoms with E-state index in [4.69, 9.17) is 4.74 Å². The summed E-state index contributed by atoms with van der Waals surface area (Å²) in [6.45, 7) is 4.47. The first kappa shape index (κ1) is 12.7. The van der Waals surface area contributed by atoms with Crippen LogP contribution in [0.5, 0.6) is 5.75 Å². The third kappa shape index (κ3) is 3.92. The van der Waals surface area contributed by atoms with E-state index in [9.17, 15) is 0 Å². The standard InChI is InChI=1S/C17H20O/c1-14(2)13-15-9-11-17(12-10-15)18-16-7-5-3-4-6-8-16/h3,5-12,14H,4,13H2,1-2H3. The van der Waals surface area contributed by atoms with E-state index in [0.717, 1.165) is 24.4 Å². The molecule has 0 saturated carbocycles. The van der Waals surface area contributed by atoms with E-state index < -0.39 is 0 Å². The summed E-state index contributed by atoms with van der Waals surface area (Å²) >= 11 is 0. The molecule has 94 valence electrons. The number of allylic oxidation sites excluding steroid dienone is 5. The normalized spacial score (nSPS) is 14.5. The summed E-state index contributed by atoms with van der Waals surface area (Å²) in [6, 6.07) is 8.38. The molecule has 0 heterocycles. The number of ether oxygens (including phenoxy) is 1. The molecule has 0 aromatic heterocycles. The van der Waals surface area contributed by atoms with Crippen LogP contribution in [0.25, 0.3) is 0 Å². The summed E-state index contributed by atoms with van der Waals surface area (Å²) in [6.07, 6.45) is 12.3. The molecule has 1 aliphatic rings. The second-order valence-corrected chi connectivity index (χ2v) is 4.98. The first-order valence-electron chi connectivity index (χ1n) is 6.54. The van der Waals surface area contributed by atoms with E-state index in [1.807, 2.05) is 30.4 Å². The highest BCUT2D eigenvalue weighted by molar-refractivity contribution is 5.32. The zero-order valence-electron chi connectivity index (χ0n) is 11.1. The van der Waals surface area contributed by atoms with E-state index in [-0.39, 0.29) is 0 Å². The van der Waals surface area contributed by atoms with Crippen molar-refractivity contribution in [1.82, 2.24) is 0 Å². The van der Waals surface area contributed by atoms with Crippen LogP contribution in [0.1, 0.15) is 25.8 Å². The monoisotopic (exact) mass is 240 g/mol. The molecule has 1 aromatic carbocycles. The maximum absolute atomic E-state index is 5.82. The average Bonchev–Trinajstić information content (AvgIpc) is 2.60. The highest BCUT2D eigenvalue weighted by Gasteiger charge is 2.00. The molecule has 0 aliphatic heterocycles. The average molecular weight is 240 g/mol. The second kappa shape index (κ2) is 6.25. The van der Waals surface area contributed by atoms with Crippen LogP contribution in [0.3, 0.4) is 0 Å². The Labute approximate surface area is 109 Å². The molecular formula is C17H20O. The van der Waals surface area contributed by atoms with Crippen molar-refractivity contribution < 1.29 is 4.74 Å². The fourth-order valence-corrected chi connectivity index (χ4v) is 1.93. The van der Waals surface area contributed by atoms with E-state index >= 15 is 0 Å². The molecule has 2 rings (SSSR count). The Hall–Kier alpha value is -1.76. The van der Waals surface area contributed by atoms with Crippen molar-refractivity contribution in [3.63, 3.8) is 0 Å². The van der Waals surface area contributed by atoms with Gasteiger partial charge in [-0.25, -0.2) is 0 Å². The predicted octanol–water partition coefficient (Wildman–Crippen LogP) is 4.66. The molecule has 0 radical (unpaired) electrons. The summed E-state index contributed by atoms with van der Waals surface area (Å²) < 4.78 is 5.82. The van der Waals surface area contributed by atoms with Gasteiger partial charge in [0, 0.05) is 0 Å². The van der Waals surface area contributed by atoms with Crippen LogP contribution in [-0.4, -0.2) is 0 Å². The molecule has 1 aromatic rings. The minimum atomic E-state index is 0.689. The first-order valence-corrected chi connectivity index (χ1v) is 6.54. The molecule has 0 N–H and O–H groups in total. The maximum atomic E-state index is 5.82. The van der Waals surface area contributed by atoms with Gasteiger partial charge < -0.3 is 4.74 Å². The van der Waals surface area contributed by atoms with Crippen LogP contribution in [0.2, 0.25) is 0 Å². The van der Waals surface area contributed by atoms with Crippen LogP contribution >= 0.6 is 0 Å². The Morgan fingerprint density at radius 3 is 2.61 bits per heavy atom. The lowest BCUT2D eigenvalue weighted by atomic mass is 10.0. The molecule has 1 aliphatic carbocycles. The van der Waals surface area contributed by atoms with Gasteiger partial charge >= 0.3 is 0 Å². The number of hydrogen-bond donors (Lipinski definition) is 0. The van der Waals surface area contributed by atoms with Crippen molar-refractivity contribution in [3.8, 4) is 5.75 Å². The van der Waals surface area contributed by atoms with E-state index in [1.165, 1.54) is 5.56 Å². The smallest absolute Gasteiger partial charge is 0.127 e. The summed E-state index contributed by atoms with van der Waals surface area (Å²) in [7, 11) is 0. The highest BCUT2D eigenvalue weighted by atomic mass is 16.5. The second-order valence-electron chi connectivity index (χ2n) is 4.98. The van der Waals surface area contributed by atoms with Crippen molar-refractivity contribution in [2.75, 3.05) is 0 Å². The van der Waals surface area contributed by atoms with Gasteiger partial charge in [0.15, 0.2) is 0 Å². The van der Waals surface area contributed by atoms with Gasteiger partial charge in [-0.3, -0.25) is 0 Å². The number of hydrogen-bond acceptors (Lipinski definition) is 1. The molecule has 1 heteroatoms. The van der Waals surface area contributed by atoms with E-state index in [2.05, 4.69) is 38.1 Å². The van der Waals surface area contributed by atoms with Crippen molar-refractivity contribution in [2.45, 2.75) is 26.7 Å². The number of rotatable bonds is 4. The molecular weight excluding hydrogens is 220 g/mol. The zero-order chi connectivity index (χ0) is 12.8. The van der Waals surface area contributed by atoms with Gasteiger partial charge in [0.25, 0.3) is 0 Å². The summed E-state index contributed by atoms with van der Waals surface area (Å²) in [5.41, 5.74) is 1.36. The predicted molar refractivity (Wildman–Crippen MR) is 76.6 cm³/mol. The molecule has 0 spiro atoms. The van der Waals surface area contributed by atoms with Crippen molar-refractivity contribution in [3.05, 3.63) is 66.0 Å². The Morgan fingerprint density at radius 1 is 1.11 bits per heavy atom. The van der Waals surface area contributed by atoms with Gasteiger partial charge in [-0.2, -0.15) is 0 Å². The third-order valence-electron chi connectivity index (χ3n) is 2.75. The van der Waals surface area contributed by atoms with Gasteiger partial charge in [0.2, 0.25) is 0 Å². The molecule has 0 amide bonds. The fourth-order valence-electron chi connectivity index (χ4n) is 1.93.